The first kappa shape index (κ1) is 25.5. The highest BCUT2D eigenvalue weighted by Crippen LogP contribution is 2.39. The number of ether oxygens (including phenoxy) is 1. The molecule has 2 aromatic carbocycles. The zero-order valence-corrected chi connectivity index (χ0v) is 19.8. The maximum atomic E-state index is 12.9. The zero-order valence-electron chi connectivity index (χ0n) is 18.3. The van der Waals surface area contributed by atoms with Crippen LogP contribution in [0.1, 0.15) is 28.8 Å². The molecule has 36 heavy (non-hydrogen) atoms. The average molecular weight is 541 g/mol. The van der Waals surface area contributed by atoms with Crippen LogP contribution in [0.2, 0.25) is 10.0 Å². The molecule has 1 N–H and O–H groups in total. The molecular formula is C23H17Cl2F3N4O4. The van der Waals surface area contributed by atoms with E-state index in [-0.39, 0.29) is 32.9 Å². The van der Waals surface area contributed by atoms with Gasteiger partial charge >= 0.3 is 6.18 Å². The number of benzene rings is 2. The minimum absolute atomic E-state index is 0.0424. The minimum Gasteiger partial charge on any atom is -0.435 e. The Bertz CT molecular complexity index is 1330. The SMILES string of the molecule is O=C(Nc1ccc(Oc2ncc(C(F)(F)F)cc2Cl)c(N2CCCC2)c1)c1cc([N+](=O)[O-])ccc1Cl. The van der Waals surface area contributed by atoms with Gasteiger partial charge in [-0.05, 0) is 43.2 Å². The molecule has 1 aromatic heterocycles. The van der Waals surface area contributed by atoms with Crippen molar-refractivity contribution in [1.29, 1.82) is 0 Å². The van der Waals surface area contributed by atoms with Gasteiger partial charge in [0.25, 0.3) is 11.6 Å². The Balaban J connectivity index is 1.63. The van der Waals surface area contributed by atoms with Crippen molar-refractivity contribution in [1.82, 2.24) is 4.98 Å². The molecule has 0 bridgehead atoms. The Morgan fingerprint density at radius 3 is 2.44 bits per heavy atom. The van der Waals surface area contributed by atoms with Crippen LogP contribution in [0.3, 0.4) is 0 Å². The van der Waals surface area contributed by atoms with Gasteiger partial charge in [-0.2, -0.15) is 13.2 Å². The molecule has 2 heterocycles. The molecule has 0 saturated carbocycles. The second-order valence-electron chi connectivity index (χ2n) is 7.86. The topological polar surface area (TPSA) is 97.6 Å². The molecule has 1 aliphatic rings. The van der Waals surface area contributed by atoms with E-state index in [2.05, 4.69) is 10.3 Å². The molecule has 1 saturated heterocycles. The van der Waals surface area contributed by atoms with Crippen LogP contribution in [0.25, 0.3) is 0 Å². The summed E-state index contributed by atoms with van der Waals surface area (Å²) in [4.78, 5) is 28.9. The number of carbonyl (C=O) groups excluding carboxylic acids is 1. The molecule has 0 radical (unpaired) electrons. The minimum atomic E-state index is -4.60. The highest BCUT2D eigenvalue weighted by atomic mass is 35.5. The molecule has 1 amide bonds. The summed E-state index contributed by atoms with van der Waals surface area (Å²) in [6.45, 7) is 1.39. The standard InChI is InChI=1S/C23H17Cl2F3N4O4/c24-17-5-4-15(32(34)35)11-16(17)21(33)30-14-3-6-20(19(10-14)31-7-1-2-8-31)36-22-18(25)9-13(12-29-22)23(26,27)28/h3-6,9-12H,1-2,7-8H2,(H,30,33). The van der Waals surface area contributed by atoms with Crippen molar-refractivity contribution in [2.75, 3.05) is 23.3 Å². The molecule has 3 aromatic rings. The zero-order chi connectivity index (χ0) is 26.0. The van der Waals surface area contributed by atoms with Gasteiger partial charge in [0.15, 0.2) is 5.75 Å². The van der Waals surface area contributed by atoms with Gasteiger partial charge in [0, 0.05) is 37.1 Å². The first-order valence-electron chi connectivity index (χ1n) is 10.6. The number of hydrogen-bond acceptors (Lipinski definition) is 6. The fraction of sp³-hybridized carbons (Fsp3) is 0.217. The number of alkyl halides is 3. The third kappa shape index (κ3) is 5.63. The summed E-state index contributed by atoms with van der Waals surface area (Å²) in [6, 6.07) is 8.93. The molecule has 4 rings (SSSR count). The Labute approximate surface area is 212 Å². The van der Waals surface area contributed by atoms with E-state index in [9.17, 15) is 28.1 Å². The monoisotopic (exact) mass is 540 g/mol. The molecule has 0 spiro atoms. The first-order valence-corrected chi connectivity index (χ1v) is 11.3. The van der Waals surface area contributed by atoms with Crippen LogP contribution in [0.15, 0.2) is 48.7 Å². The second-order valence-corrected chi connectivity index (χ2v) is 8.68. The third-order valence-electron chi connectivity index (χ3n) is 5.41. The molecule has 188 valence electrons. The van der Waals surface area contributed by atoms with E-state index in [1.54, 1.807) is 6.07 Å². The molecule has 13 heteroatoms. The number of aromatic nitrogens is 1. The van der Waals surface area contributed by atoms with Gasteiger partial charge in [-0.25, -0.2) is 4.98 Å². The number of halogens is 5. The van der Waals surface area contributed by atoms with Gasteiger partial charge in [-0.15, -0.1) is 0 Å². The van der Waals surface area contributed by atoms with E-state index in [0.717, 1.165) is 25.0 Å². The van der Waals surface area contributed by atoms with Crippen molar-refractivity contribution >= 4 is 46.2 Å². The Morgan fingerprint density at radius 1 is 1.08 bits per heavy atom. The number of anilines is 2. The van der Waals surface area contributed by atoms with E-state index in [1.807, 2.05) is 4.90 Å². The van der Waals surface area contributed by atoms with Crippen molar-refractivity contribution in [3.63, 3.8) is 0 Å². The van der Waals surface area contributed by atoms with Gasteiger partial charge in [0.2, 0.25) is 5.88 Å². The maximum Gasteiger partial charge on any atom is 0.417 e. The lowest BCUT2D eigenvalue weighted by Gasteiger charge is -2.22. The first-order chi connectivity index (χ1) is 17.0. The molecular weight excluding hydrogens is 524 g/mol. The molecule has 1 aliphatic heterocycles. The number of nitrogens with zero attached hydrogens (tertiary/aromatic N) is 3. The van der Waals surface area contributed by atoms with Crippen LogP contribution in [0, 0.1) is 10.1 Å². The van der Waals surface area contributed by atoms with Crippen LogP contribution in [-0.4, -0.2) is 28.9 Å². The number of carbonyl (C=O) groups is 1. The van der Waals surface area contributed by atoms with E-state index in [1.165, 1.54) is 24.3 Å². The van der Waals surface area contributed by atoms with Gasteiger partial charge in [-0.1, -0.05) is 23.2 Å². The van der Waals surface area contributed by atoms with E-state index >= 15 is 0 Å². The average Bonchev–Trinajstić information content (AvgIpc) is 3.35. The summed E-state index contributed by atoms with van der Waals surface area (Å²) in [5, 5.41) is 13.5. The van der Waals surface area contributed by atoms with Crippen molar-refractivity contribution in [3.05, 3.63) is 79.9 Å². The van der Waals surface area contributed by atoms with Crippen molar-refractivity contribution in [2.45, 2.75) is 19.0 Å². The largest absolute Gasteiger partial charge is 0.435 e. The van der Waals surface area contributed by atoms with E-state index in [0.29, 0.717) is 30.7 Å². The van der Waals surface area contributed by atoms with E-state index in [4.69, 9.17) is 27.9 Å². The number of non-ortho nitro benzene ring substituents is 1. The molecule has 0 atom stereocenters. The fourth-order valence-corrected chi connectivity index (χ4v) is 4.05. The predicted octanol–water partition coefficient (Wildman–Crippen LogP) is 6.96. The number of nitro benzene ring substituents is 1. The highest BCUT2D eigenvalue weighted by molar-refractivity contribution is 6.34. The molecule has 0 unspecified atom stereocenters. The Hall–Kier alpha value is -3.57. The second kappa shape index (κ2) is 10.2. The summed E-state index contributed by atoms with van der Waals surface area (Å²) in [5.74, 6) is -0.583. The molecule has 1 fully saturated rings. The van der Waals surface area contributed by atoms with Gasteiger partial charge < -0.3 is 15.0 Å². The van der Waals surface area contributed by atoms with Crippen LogP contribution < -0.4 is 15.0 Å². The Kier molecular flexibility index (Phi) is 7.23. The van der Waals surface area contributed by atoms with Crippen LogP contribution in [0.4, 0.5) is 30.2 Å². The number of rotatable bonds is 6. The number of hydrogen-bond donors (Lipinski definition) is 1. The van der Waals surface area contributed by atoms with Crippen LogP contribution in [0.5, 0.6) is 11.6 Å². The lowest BCUT2D eigenvalue weighted by molar-refractivity contribution is -0.384. The highest BCUT2D eigenvalue weighted by Gasteiger charge is 2.32. The van der Waals surface area contributed by atoms with Crippen LogP contribution >= 0.6 is 23.2 Å². The number of nitrogens with one attached hydrogen (secondary N) is 1. The van der Waals surface area contributed by atoms with Gasteiger partial charge in [0.05, 0.1) is 26.8 Å². The normalized spacial score (nSPS) is 13.5. The van der Waals surface area contributed by atoms with Gasteiger partial charge in [-0.3, -0.25) is 14.9 Å². The summed E-state index contributed by atoms with van der Waals surface area (Å²) in [6.07, 6.45) is -2.14. The lowest BCUT2D eigenvalue weighted by atomic mass is 10.1. The molecule has 0 aliphatic carbocycles. The number of amides is 1. The summed E-state index contributed by atoms with van der Waals surface area (Å²) < 4.78 is 44.6. The van der Waals surface area contributed by atoms with Crippen molar-refractivity contribution in [2.24, 2.45) is 0 Å². The quantitative estimate of drug-likeness (QED) is 0.268. The maximum absolute atomic E-state index is 12.9. The van der Waals surface area contributed by atoms with Crippen molar-refractivity contribution < 1.29 is 27.6 Å². The third-order valence-corrected chi connectivity index (χ3v) is 6.01. The summed E-state index contributed by atoms with van der Waals surface area (Å²) in [7, 11) is 0. The van der Waals surface area contributed by atoms with Gasteiger partial charge in [0.1, 0.15) is 5.02 Å². The van der Waals surface area contributed by atoms with Crippen molar-refractivity contribution in [3.8, 4) is 11.6 Å². The summed E-state index contributed by atoms with van der Waals surface area (Å²) >= 11 is 12.1. The summed E-state index contributed by atoms with van der Waals surface area (Å²) in [5.41, 5.74) is -0.449. The smallest absolute Gasteiger partial charge is 0.417 e. The molecule has 8 nitrogen and oxygen atoms in total. The fourth-order valence-electron chi connectivity index (χ4n) is 3.65. The Morgan fingerprint density at radius 2 is 1.81 bits per heavy atom. The van der Waals surface area contributed by atoms with Crippen LogP contribution in [-0.2, 0) is 6.18 Å². The van der Waals surface area contributed by atoms with E-state index < -0.39 is 22.6 Å². The predicted molar refractivity (Wildman–Crippen MR) is 128 cm³/mol. The lowest BCUT2D eigenvalue weighted by Crippen LogP contribution is -2.19. The number of nitro groups is 1. The number of pyridine rings is 1.